The van der Waals surface area contributed by atoms with E-state index in [-0.39, 0.29) is 37.6 Å². The Bertz CT molecular complexity index is 1460. The minimum Gasteiger partial charge on any atom is -0.342 e. The fraction of sp³-hybridized carbons (Fsp3) is 0.536. The number of alkyl halides is 5. The zero-order valence-corrected chi connectivity index (χ0v) is 23.8. The topological polar surface area (TPSA) is 106 Å². The highest BCUT2D eigenvalue weighted by Crippen LogP contribution is 2.41. The highest BCUT2D eigenvalue weighted by Gasteiger charge is 2.39. The molecule has 0 spiro atoms. The summed E-state index contributed by atoms with van der Waals surface area (Å²) in [5.74, 6) is -4.27. The highest BCUT2D eigenvalue weighted by molar-refractivity contribution is 5.92. The van der Waals surface area contributed by atoms with Gasteiger partial charge in [-0.25, -0.2) is 18.3 Å². The molecule has 2 N–H and O–H groups in total. The molecule has 0 unspecified atom stereocenters. The number of aromatic nitrogens is 5. The predicted molar refractivity (Wildman–Crippen MR) is 144 cm³/mol. The van der Waals surface area contributed by atoms with Crippen LogP contribution in [0.1, 0.15) is 100 Å². The average molecular weight is 596 g/mol. The maximum atomic E-state index is 14.0. The van der Waals surface area contributed by atoms with Gasteiger partial charge >= 0.3 is 6.18 Å². The number of imidazole rings is 1. The van der Waals surface area contributed by atoms with Crippen LogP contribution in [0.25, 0.3) is 11.3 Å². The van der Waals surface area contributed by atoms with Gasteiger partial charge in [0.15, 0.2) is 5.65 Å². The summed E-state index contributed by atoms with van der Waals surface area (Å²) in [6.07, 6.45) is -2.09. The second-order valence-electron chi connectivity index (χ2n) is 11.2. The van der Waals surface area contributed by atoms with Crippen molar-refractivity contribution in [2.45, 2.75) is 90.4 Å². The van der Waals surface area contributed by atoms with Crippen molar-refractivity contribution in [3.8, 4) is 0 Å². The smallest absolute Gasteiger partial charge is 0.342 e. The van der Waals surface area contributed by atoms with Gasteiger partial charge < -0.3 is 10.6 Å². The summed E-state index contributed by atoms with van der Waals surface area (Å²) in [7, 11) is 0. The Morgan fingerprint density at radius 3 is 2.45 bits per heavy atom. The lowest BCUT2D eigenvalue weighted by molar-refractivity contribution is -0.143. The molecule has 1 aliphatic carbocycles. The van der Waals surface area contributed by atoms with Crippen molar-refractivity contribution in [2.75, 3.05) is 0 Å². The van der Waals surface area contributed by atoms with E-state index in [0.29, 0.717) is 33.9 Å². The van der Waals surface area contributed by atoms with E-state index in [4.69, 9.17) is 0 Å². The van der Waals surface area contributed by atoms with Gasteiger partial charge in [0.1, 0.15) is 5.69 Å². The van der Waals surface area contributed by atoms with Crippen LogP contribution in [0.4, 0.5) is 22.0 Å². The number of carbonyl (C=O) groups is 2. The Morgan fingerprint density at radius 2 is 1.83 bits per heavy atom. The Kier molecular flexibility index (Phi) is 9.02. The lowest BCUT2D eigenvalue weighted by atomic mass is 9.81. The van der Waals surface area contributed by atoms with Crippen LogP contribution in [0.3, 0.4) is 0 Å². The zero-order valence-electron chi connectivity index (χ0n) is 23.8. The zero-order chi connectivity index (χ0) is 30.8. The third kappa shape index (κ3) is 7.51. The first-order valence-electron chi connectivity index (χ1n) is 13.8. The molecule has 3 aromatic heterocycles. The number of nitrogens with zero attached hydrogens (tertiary/aromatic N) is 5. The van der Waals surface area contributed by atoms with E-state index in [2.05, 4.69) is 25.8 Å². The summed E-state index contributed by atoms with van der Waals surface area (Å²) in [6, 6.07) is 2.43. The van der Waals surface area contributed by atoms with Gasteiger partial charge in [-0.3, -0.25) is 14.3 Å². The Hall–Kier alpha value is -3.84. The summed E-state index contributed by atoms with van der Waals surface area (Å²) in [4.78, 5) is 30.2. The van der Waals surface area contributed by atoms with E-state index >= 15 is 0 Å². The number of amides is 2. The number of fused-ring (bicyclic) bond motifs is 1. The van der Waals surface area contributed by atoms with Gasteiger partial charge in [-0.05, 0) is 58.6 Å². The first-order valence-corrected chi connectivity index (χ1v) is 13.8. The van der Waals surface area contributed by atoms with Crippen LogP contribution in [-0.4, -0.2) is 48.3 Å². The van der Waals surface area contributed by atoms with E-state index in [1.807, 2.05) is 13.8 Å². The van der Waals surface area contributed by atoms with Crippen LogP contribution in [0.2, 0.25) is 0 Å². The first-order chi connectivity index (χ1) is 19.6. The second kappa shape index (κ2) is 12.2. The fourth-order valence-corrected chi connectivity index (χ4v) is 5.07. The van der Waals surface area contributed by atoms with Gasteiger partial charge in [-0.2, -0.15) is 23.4 Å². The molecule has 3 aromatic rings. The van der Waals surface area contributed by atoms with E-state index in [0.717, 1.165) is 0 Å². The maximum Gasteiger partial charge on any atom is 0.389 e. The lowest BCUT2D eigenvalue weighted by Gasteiger charge is -2.33. The lowest BCUT2D eigenvalue weighted by Crippen LogP contribution is -2.38. The number of hydrogen-bond acceptors (Lipinski definition) is 5. The third-order valence-corrected chi connectivity index (χ3v) is 7.26. The van der Waals surface area contributed by atoms with E-state index in [1.54, 1.807) is 36.9 Å². The van der Waals surface area contributed by atoms with Gasteiger partial charge in [0.2, 0.25) is 11.8 Å². The molecule has 2 amide bonds. The molecule has 42 heavy (non-hydrogen) atoms. The van der Waals surface area contributed by atoms with Crippen molar-refractivity contribution in [1.29, 1.82) is 0 Å². The SMILES string of the molecule is CC(C)=C(NC(=O)CCC(F)(F)F)c1cnn2cc([C@@H](NC(=O)c3ccnn3C(C)C)C3CCC(F)(F)CC3)nc2c1. The number of allylic oxidation sites excluding steroid dienone is 1. The molecule has 4 rings (SSSR count). The van der Waals surface area contributed by atoms with Gasteiger partial charge in [0, 0.05) is 42.8 Å². The number of carbonyl (C=O) groups excluding carboxylic acids is 2. The Morgan fingerprint density at radius 1 is 1.14 bits per heavy atom. The summed E-state index contributed by atoms with van der Waals surface area (Å²) >= 11 is 0. The summed E-state index contributed by atoms with van der Waals surface area (Å²) in [5, 5.41) is 14.1. The van der Waals surface area contributed by atoms with Crippen molar-refractivity contribution in [3.05, 3.63) is 53.2 Å². The highest BCUT2D eigenvalue weighted by atomic mass is 19.4. The van der Waals surface area contributed by atoms with Crippen molar-refractivity contribution in [2.24, 2.45) is 5.92 Å². The second-order valence-corrected chi connectivity index (χ2v) is 11.2. The molecule has 0 aliphatic heterocycles. The molecule has 1 fully saturated rings. The summed E-state index contributed by atoms with van der Waals surface area (Å²) in [5.41, 5.74) is 2.48. The van der Waals surface area contributed by atoms with Crippen LogP contribution >= 0.6 is 0 Å². The fourth-order valence-electron chi connectivity index (χ4n) is 5.07. The van der Waals surface area contributed by atoms with Gasteiger partial charge in [-0.1, -0.05) is 5.57 Å². The van der Waals surface area contributed by atoms with Crippen molar-refractivity contribution in [1.82, 2.24) is 35.0 Å². The number of rotatable bonds is 9. The Balaban J connectivity index is 1.63. The third-order valence-electron chi connectivity index (χ3n) is 7.26. The van der Waals surface area contributed by atoms with E-state index < -0.39 is 42.8 Å². The minimum atomic E-state index is -4.45. The summed E-state index contributed by atoms with van der Waals surface area (Å²) in [6.45, 7) is 7.17. The number of hydrogen-bond donors (Lipinski definition) is 2. The normalized spacial score (nSPS) is 16.4. The molecule has 0 aromatic carbocycles. The van der Waals surface area contributed by atoms with Crippen molar-refractivity contribution in [3.63, 3.8) is 0 Å². The molecular weight excluding hydrogens is 561 g/mol. The molecule has 228 valence electrons. The molecule has 3 heterocycles. The molecule has 0 saturated heterocycles. The van der Waals surface area contributed by atoms with Crippen LogP contribution in [0, 0.1) is 5.92 Å². The van der Waals surface area contributed by atoms with E-state index in [9.17, 15) is 31.5 Å². The van der Waals surface area contributed by atoms with Gasteiger partial charge in [0.25, 0.3) is 5.91 Å². The molecule has 0 bridgehead atoms. The largest absolute Gasteiger partial charge is 0.389 e. The van der Waals surface area contributed by atoms with Crippen molar-refractivity contribution < 1.29 is 31.5 Å². The standard InChI is InChI=1S/C28H34F5N7O2/c1-16(2)24(37-23(41)7-11-28(31,32)33)19-13-22-36-20(15-39(22)35-14-19)25(18-5-9-27(29,30)10-6-18)38-26(42)21-8-12-34-40(21)17(3)4/h8,12-15,17-18,25H,5-7,9-11H2,1-4H3,(H,37,41)(H,38,42)/t25-/m0/s1. The first kappa shape index (κ1) is 31.1. The molecule has 1 aliphatic rings. The maximum absolute atomic E-state index is 14.0. The minimum absolute atomic E-state index is 0.0800. The average Bonchev–Trinajstić information content (AvgIpc) is 3.56. The van der Waals surface area contributed by atoms with E-state index in [1.165, 1.54) is 16.9 Å². The quantitative estimate of drug-likeness (QED) is 0.295. The molecule has 0 radical (unpaired) electrons. The number of nitrogens with one attached hydrogen (secondary N) is 2. The molecule has 9 nitrogen and oxygen atoms in total. The van der Waals surface area contributed by atoms with Crippen LogP contribution in [0.15, 0.2) is 36.3 Å². The van der Waals surface area contributed by atoms with Gasteiger partial charge in [-0.15, -0.1) is 0 Å². The molecule has 1 atom stereocenters. The van der Waals surface area contributed by atoms with Crippen LogP contribution in [0.5, 0.6) is 0 Å². The monoisotopic (exact) mass is 595 g/mol. The van der Waals surface area contributed by atoms with Gasteiger partial charge in [0.05, 0.1) is 30.6 Å². The van der Waals surface area contributed by atoms with Crippen LogP contribution < -0.4 is 10.6 Å². The summed E-state index contributed by atoms with van der Waals surface area (Å²) < 4.78 is 68.8. The number of halogens is 5. The Labute approximate surface area is 239 Å². The molecule has 14 heteroatoms. The predicted octanol–water partition coefficient (Wildman–Crippen LogP) is 6.01. The molecular formula is C28H34F5N7O2. The van der Waals surface area contributed by atoms with Crippen LogP contribution in [-0.2, 0) is 4.79 Å². The molecule has 1 saturated carbocycles. The van der Waals surface area contributed by atoms with Crippen molar-refractivity contribution >= 4 is 23.2 Å².